The highest BCUT2D eigenvalue weighted by molar-refractivity contribution is 6.54. The van der Waals surface area contributed by atoms with Gasteiger partial charge in [-0.2, -0.15) is 5.10 Å². The largest absolute Gasteiger partial charge is 0.460 e. The zero-order valence-electron chi connectivity index (χ0n) is 20.2. The molecule has 0 fully saturated rings. The summed E-state index contributed by atoms with van der Waals surface area (Å²) in [6.45, 7) is 5.22. The lowest BCUT2D eigenvalue weighted by Crippen LogP contribution is -2.41. The van der Waals surface area contributed by atoms with Gasteiger partial charge in [-0.3, -0.25) is 14.4 Å². The number of anilines is 1. The topological polar surface area (TPSA) is 134 Å². The minimum absolute atomic E-state index is 0.0618. The lowest BCUT2D eigenvalue weighted by Gasteiger charge is -2.19. The standard InChI is InChI=1S/C25H27N5O5/c1-6-35-25(34)22(31)19(20-23(32)28-18-10-8-7-9-17(18)26-20)21(29-30(4)5)24(33)27-16-12-11-14(2)13-15(16)3/h7-13,19H,6H2,1-5H3,(H,27,33)(H,28,32)/b29-21+/t19-/m1/s1. The molecular formula is C25H27N5O5. The summed E-state index contributed by atoms with van der Waals surface area (Å²) in [5, 5.41) is 8.24. The number of carbonyl (C=O) groups excluding carboxylic acids is 3. The van der Waals surface area contributed by atoms with E-state index in [4.69, 9.17) is 4.74 Å². The molecule has 0 saturated carbocycles. The van der Waals surface area contributed by atoms with Crippen molar-refractivity contribution in [3.63, 3.8) is 0 Å². The number of hydrogen-bond acceptors (Lipinski definition) is 8. The number of aromatic nitrogens is 2. The zero-order chi connectivity index (χ0) is 25.7. The van der Waals surface area contributed by atoms with Crippen molar-refractivity contribution in [1.29, 1.82) is 0 Å². The third-order valence-corrected chi connectivity index (χ3v) is 5.08. The molecule has 1 heterocycles. The molecule has 0 spiro atoms. The normalized spacial score (nSPS) is 12.2. The molecule has 0 aliphatic rings. The van der Waals surface area contributed by atoms with Crippen LogP contribution in [0.25, 0.3) is 11.0 Å². The minimum Gasteiger partial charge on any atom is -0.460 e. The number of ketones is 1. The Labute approximate surface area is 202 Å². The van der Waals surface area contributed by atoms with Crippen LogP contribution in [0.3, 0.4) is 0 Å². The molecule has 2 aromatic carbocycles. The van der Waals surface area contributed by atoms with E-state index in [-0.39, 0.29) is 18.0 Å². The highest BCUT2D eigenvalue weighted by atomic mass is 16.5. The number of rotatable bonds is 8. The summed E-state index contributed by atoms with van der Waals surface area (Å²) in [6.07, 6.45) is 0. The van der Waals surface area contributed by atoms with Gasteiger partial charge in [-0.25, -0.2) is 9.78 Å². The van der Waals surface area contributed by atoms with Crippen LogP contribution in [-0.4, -0.2) is 59.1 Å². The first-order chi connectivity index (χ1) is 16.6. The second-order valence-corrected chi connectivity index (χ2v) is 8.09. The van der Waals surface area contributed by atoms with E-state index >= 15 is 0 Å². The number of H-pyrrole nitrogens is 1. The Morgan fingerprint density at radius 3 is 2.51 bits per heavy atom. The number of amides is 1. The summed E-state index contributed by atoms with van der Waals surface area (Å²) < 4.78 is 4.89. The summed E-state index contributed by atoms with van der Waals surface area (Å²) in [7, 11) is 3.10. The van der Waals surface area contributed by atoms with Crippen LogP contribution in [0.15, 0.2) is 52.4 Å². The molecule has 1 atom stereocenters. The Morgan fingerprint density at radius 2 is 1.86 bits per heavy atom. The van der Waals surface area contributed by atoms with Crippen LogP contribution >= 0.6 is 0 Å². The first kappa shape index (κ1) is 25.3. The predicted octanol–water partition coefficient (Wildman–Crippen LogP) is 2.31. The van der Waals surface area contributed by atoms with E-state index in [1.165, 1.54) is 5.01 Å². The quantitative estimate of drug-likeness (QED) is 0.220. The second-order valence-electron chi connectivity index (χ2n) is 8.09. The van der Waals surface area contributed by atoms with Crippen molar-refractivity contribution < 1.29 is 19.1 Å². The maximum atomic E-state index is 13.4. The highest BCUT2D eigenvalue weighted by Crippen LogP contribution is 2.21. The minimum atomic E-state index is -1.70. The number of para-hydroxylation sites is 2. The molecule has 3 aromatic rings. The molecule has 3 rings (SSSR count). The Balaban J connectivity index is 2.19. The fourth-order valence-electron chi connectivity index (χ4n) is 3.53. The van der Waals surface area contributed by atoms with E-state index in [1.807, 2.05) is 26.0 Å². The Hall–Kier alpha value is -4.34. The van der Waals surface area contributed by atoms with Gasteiger partial charge in [0, 0.05) is 19.8 Å². The molecule has 1 amide bonds. The molecular weight excluding hydrogens is 450 g/mol. The Kier molecular flexibility index (Phi) is 7.75. The molecule has 0 saturated heterocycles. The number of nitrogens with zero attached hydrogens (tertiary/aromatic N) is 3. The van der Waals surface area contributed by atoms with Gasteiger partial charge in [-0.1, -0.05) is 29.8 Å². The smallest absolute Gasteiger partial charge is 0.375 e. The van der Waals surface area contributed by atoms with Crippen molar-refractivity contribution in [2.45, 2.75) is 26.7 Å². The number of aryl methyl sites for hydroxylation is 2. The van der Waals surface area contributed by atoms with Gasteiger partial charge in [0.1, 0.15) is 17.3 Å². The Morgan fingerprint density at radius 1 is 1.14 bits per heavy atom. The fraction of sp³-hybridized carbons (Fsp3) is 0.280. The van der Waals surface area contributed by atoms with Crippen LogP contribution in [0.1, 0.15) is 29.7 Å². The van der Waals surface area contributed by atoms with Gasteiger partial charge in [-0.05, 0) is 44.5 Å². The number of ether oxygens (including phenoxy) is 1. The number of esters is 1. The van der Waals surface area contributed by atoms with Crippen molar-refractivity contribution in [3.05, 3.63) is 69.6 Å². The molecule has 182 valence electrons. The lowest BCUT2D eigenvalue weighted by atomic mass is 9.93. The molecule has 0 unspecified atom stereocenters. The van der Waals surface area contributed by atoms with E-state index in [2.05, 4.69) is 20.4 Å². The third-order valence-electron chi connectivity index (χ3n) is 5.08. The van der Waals surface area contributed by atoms with Crippen molar-refractivity contribution in [2.24, 2.45) is 5.10 Å². The maximum absolute atomic E-state index is 13.4. The summed E-state index contributed by atoms with van der Waals surface area (Å²) in [5.41, 5.74) is 1.67. The summed E-state index contributed by atoms with van der Waals surface area (Å²) in [4.78, 5) is 59.2. The molecule has 0 bridgehead atoms. The second kappa shape index (κ2) is 10.7. The van der Waals surface area contributed by atoms with Gasteiger partial charge < -0.3 is 20.0 Å². The average Bonchev–Trinajstić information content (AvgIpc) is 2.80. The number of carbonyl (C=O) groups is 3. The summed E-state index contributed by atoms with van der Waals surface area (Å²) in [6, 6.07) is 12.1. The first-order valence-corrected chi connectivity index (χ1v) is 11.0. The first-order valence-electron chi connectivity index (χ1n) is 11.0. The maximum Gasteiger partial charge on any atom is 0.375 e. The molecule has 0 radical (unpaired) electrons. The highest BCUT2D eigenvalue weighted by Gasteiger charge is 2.39. The van der Waals surface area contributed by atoms with Crippen LogP contribution in [0.2, 0.25) is 0 Å². The van der Waals surface area contributed by atoms with Gasteiger partial charge >= 0.3 is 5.97 Å². The van der Waals surface area contributed by atoms with Crippen LogP contribution < -0.4 is 10.9 Å². The molecule has 2 N–H and O–H groups in total. The average molecular weight is 478 g/mol. The number of hydrazone groups is 1. The van der Waals surface area contributed by atoms with Gasteiger partial charge in [0.25, 0.3) is 17.2 Å². The number of benzene rings is 2. The SMILES string of the molecule is CCOC(=O)C(=O)[C@@H](/C(=N\N(C)C)C(=O)Nc1ccc(C)cc1C)c1nc2ccccc2[nH]c1=O. The monoisotopic (exact) mass is 477 g/mol. The number of fused-ring (bicyclic) bond motifs is 1. The Bertz CT molecular complexity index is 1380. The number of nitrogens with one attached hydrogen (secondary N) is 2. The number of hydrogen-bond donors (Lipinski definition) is 2. The lowest BCUT2D eigenvalue weighted by molar-refractivity contribution is -0.153. The molecule has 10 nitrogen and oxygen atoms in total. The van der Waals surface area contributed by atoms with Crippen molar-refractivity contribution in [3.8, 4) is 0 Å². The van der Waals surface area contributed by atoms with Gasteiger partial charge in [0.05, 0.1) is 17.6 Å². The van der Waals surface area contributed by atoms with E-state index in [0.717, 1.165) is 11.1 Å². The molecule has 0 aliphatic carbocycles. The zero-order valence-corrected chi connectivity index (χ0v) is 20.2. The van der Waals surface area contributed by atoms with E-state index < -0.39 is 29.1 Å². The van der Waals surface area contributed by atoms with Crippen LogP contribution in [0, 0.1) is 13.8 Å². The number of Topliss-reactive ketones (excluding diaryl/α,β-unsaturated/α-hetero) is 1. The summed E-state index contributed by atoms with van der Waals surface area (Å²) >= 11 is 0. The van der Waals surface area contributed by atoms with E-state index in [1.54, 1.807) is 51.4 Å². The third kappa shape index (κ3) is 5.78. The van der Waals surface area contributed by atoms with Crippen LogP contribution in [0.5, 0.6) is 0 Å². The van der Waals surface area contributed by atoms with Crippen molar-refractivity contribution in [1.82, 2.24) is 15.0 Å². The number of aromatic amines is 1. The van der Waals surface area contributed by atoms with Crippen LogP contribution in [-0.2, 0) is 19.1 Å². The van der Waals surface area contributed by atoms with Crippen molar-refractivity contribution >= 4 is 40.1 Å². The molecule has 1 aromatic heterocycles. The predicted molar refractivity (Wildman–Crippen MR) is 132 cm³/mol. The summed E-state index contributed by atoms with van der Waals surface area (Å²) in [5.74, 6) is -4.78. The molecule has 10 heteroatoms. The van der Waals surface area contributed by atoms with Gasteiger partial charge in [0.15, 0.2) is 0 Å². The van der Waals surface area contributed by atoms with Crippen LogP contribution in [0.4, 0.5) is 5.69 Å². The van der Waals surface area contributed by atoms with Gasteiger partial charge in [0.2, 0.25) is 0 Å². The van der Waals surface area contributed by atoms with Crippen molar-refractivity contribution in [2.75, 3.05) is 26.0 Å². The fourth-order valence-corrected chi connectivity index (χ4v) is 3.53. The van der Waals surface area contributed by atoms with E-state index in [0.29, 0.717) is 16.7 Å². The van der Waals surface area contributed by atoms with Gasteiger partial charge in [-0.15, -0.1) is 0 Å². The van der Waals surface area contributed by atoms with E-state index in [9.17, 15) is 19.2 Å². The molecule has 0 aliphatic heterocycles. The molecule has 35 heavy (non-hydrogen) atoms.